The molecule has 0 aliphatic heterocycles. The minimum Gasteiger partial charge on any atom is -0.323 e. The van der Waals surface area contributed by atoms with Crippen molar-refractivity contribution in [3.63, 3.8) is 0 Å². The van der Waals surface area contributed by atoms with Crippen LogP contribution in [-0.4, -0.2) is 14.0 Å². The fourth-order valence-electron chi connectivity index (χ4n) is 3.80. The molecule has 5 rings (SSSR count). The SMILES string of the molecule is Cc1cccc(C)c1-n1ccnc1-c1ccc2cc3cccn3cc2c1. The summed E-state index contributed by atoms with van der Waals surface area (Å²) in [6.45, 7) is 4.30. The lowest BCUT2D eigenvalue weighted by molar-refractivity contribution is 1.03. The van der Waals surface area contributed by atoms with Gasteiger partial charge < -0.3 is 4.40 Å². The van der Waals surface area contributed by atoms with Gasteiger partial charge in [-0.3, -0.25) is 4.57 Å². The third-order valence-electron chi connectivity index (χ3n) is 5.06. The Hall–Kier alpha value is -3.33. The summed E-state index contributed by atoms with van der Waals surface area (Å²) >= 11 is 0. The van der Waals surface area contributed by atoms with Gasteiger partial charge in [0.25, 0.3) is 0 Å². The Bertz CT molecular complexity index is 1240. The number of imidazole rings is 1. The Morgan fingerprint density at radius 1 is 0.808 bits per heavy atom. The molecular weight excluding hydrogens is 318 g/mol. The van der Waals surface area contributed by atoms with Crippen LogP contribution in [0.25, 0.3) is 33.4 Å². The van der Waals surface area contributed by atoms with Crippen molar-refractivity contribution in [3.8, 4) is 17.1 Å². The maximum Gasteiger partial charge on any atom is 0.144 e. The monoisotopic (exact) mass is 337 g/mol. The van der Waals surface area contributed by atoms with Gasteiger partial charge in [0.2, 0.25) is 0 Å². The van der Waals surface area contributed by atoms with Crippen LogP contribution in [0.5, 0.6) is 0 Å². The van der Waals surface area contributed by atoms with Crippen molar-refractivity contribution in [1.82, 2.24) is 14.0 Å². The van der Waals surface area contributed by atoms with Crippen LogP contribution in [0.3, 0.4) is 0 Å². The largest absolute Gasteiger partial charge is 0.323 e. The highest BCUT2D eigenvalue weighted by molar-refractivity contribution is 5.89. The fraction of sp³-hybridized carbons (Fsp3) is 0.0870. The Kier molecular flexibility index (Phi) is 3.22. The van der Waals surface area contributed by atoms with E-state index in [2.05, 4.69) is 94.8 Å². The van der Waals surface area contributed by atoms with Crippen LogP contribution < -0.4 is 0 Å². The first-order valence-electron chi connectivity index (χ1n) is 8.81. The second-order valence-corrected chi connectivity index (χ2v) is 6.82. The van der Waals surface area contributed by atoms with Crippen LogP contribution in [0.15, 0.2) is 79.4 Å². The lowest BCUT2D eigenvalue weighted by Gasteiger charge is -2.14. The molecule has 0 aliphatic carbocycles. The maximum atomic E-state index is 4.66. The molecule has 0 unspecified atom stereocenters. The minimum atomic E-state index is 0.969. The molecule has 0 atom stereocenters. The van der Waals surface area contributed by atoms with Crippen LogP contribution >= 0.6 is 0 Å². The average molecular weight is 337 g/mol. The fourth-order valence-corrected chi connectivity index (χ4v) is 3.80. The van der Waals surface area contributed by atoms with Crippen molar-refractivity contribution in [2.75, 3.05) is 0 Å². The molecule has 0 saturated carbocycles. The number of hydrogen-bond acceptors (Lipinski definition) is 1. The van der Waals surface area contributed by atoms with E-state index in [0.29, 0.717) is 0 Å². The topological polar surface area (TPSA) is 22.2 Å². The van der Waals surface area contributed by atoms with Gasteiger partial charge in [-0.25, -0.2) is 4.98 Å². The Morgan fingerprint density at radius 3 is 2.50 bits per heavy atom. The van der Waals surface area contributed by atoms with E-state index < -0.39 is 0 Å². The van der Waals surface area contributed by atoms with Crippen LogP contribution in [0.2, 0.25) is 0 Å². The molecule has 3 heterocycles. The van der Waals surface area contributed by atoms with Gasteiger partial charge in [0, 0.05) is 35.9 Å². The molecule has 2 aromatic carbocycles. The lowest BCUT2D eigenvalue weighted by atomic mass is 10.1. The molecule has 3 aromatic heterocycles. The number of aromatic nitrogens is 3. The van der Waals surface area contributed by atoms with Crippen molar-refractivity contribution in [2.45, 2.75) is 13.8 Å². The zero-order chi connectivity index (χ0) is 17.7. The van der Waals surface area contributed by atoms with Gasteiger partial charge in [0.15, 0.2) is 0 Å². The Morgan fingerprint density at radius 2 is 1.65 bits per heavy atom. The summed E-state index contributed by atoms with van der Waals surface area (Å²) in [5, 5.41) is 2.45. The maximum absolute atomic E-state index is 4.66. The predicted molar refractivity (Wildman–Crippen MR) is 107 cm³/mol. The first-order valence-corrected chi connectivity index (χ1v) is 8.81. The van der Waals surface area contributed by atoms with Crippen molar-refractivity contribution in [3.05, 3.63) is 90.5 Å². The third-order valence-corrected chi connectivity index (χ3v) is 5.06. The number of aryl methyl sites for hydroxylation is 2. The predicted octanol–water partition coefficient (Wildman–Crippen LogP) is 5.56. The molecule has 26 heavy (non-hydrogen) atoms. The van der Waals surface area contributed by atoms with Gasteiger partial charge in [-0.15, -0.1) is 0 Å². The minimum absolute atomic E-state index is 0.969. The van der Waals surface area contributed by atoms with Gasteiger partial charge in [-0.05, 0) is 60.0 Å². The van der Waals surface area contributed by atoms with E-state index in [9.17, 15) is 0 Å². The van der Waals surface area contributed by atoms with E-state index >= 15 is 0 Å². The van der Waals surface area contributed by atoms with E-state index in [4.69, 9.17) is 0 Å². The number of pyridine rings is 1. The van der Waals surface area contributed by atoms with Crippen molar-refractivity contribution in [2.24, 2.45) is 0 Å². The number of nitrogens with zero attached hydrogens (tertiary/aromatic N) is 3. The van der Waals surface area contributed by atoms with Crippen molar-refractivity contribution >= 4 is 16.3 Å². The van der Waals surface area contributed by atoms with Gasteiger partial charge in [-0.2, -0.15) is 0 Å². The lowest BCUT2D eigenvalue weighted by Crippen LogP contribution is -2.01. The summed E-state index contributed by atoms with van der Waals surface area (Å²) in [5.74, 6) is 0.969. The number of fused-ring (bicyclic) bond motifs is 2. The molecule has 0 bridgehead atoms. The average Bonchev–Trinajstić information content (AvgIpc) is 3.28. The van der Waals surface area contributed by atoms with E-state index in [1.165, 1.54) is 33.1 Å². The van der Waals surface area contributed by atoms with E-state index in [1.807, 2.05) is 12.4 Å². The second-order valence-electron chi connectivity index (χ2n) is 6.82. The highest BCUT2D eigenvalue weighted by atomic mass is 15.1. The summed E-state index contributed by atoms with van der Waals surface area (Å²) in [7, 11) is 0. The molecule has 5 aromatic rings. The molecule has 0 radical (unpaired) electrons. The quantitative estimate of drug-likeness (QED) is 0.413. The molecule has 0 amide bonds. The van der Waals surface area contributed by atoms with Crippen LogP contribution in [-0.2, 0) is 0 Å². The number of rotatable bonds is 2. The van der Waals surface area contributed by atoms with Gasteiger partial charge in [0.1, 0.15) is 5.82 Å². The molecule has 0 aliphatic rings. The summed E-state index contributed by atoms with van der Waals surface area (Å²) in [5.41, 5.74) is 6.04. The van der Waals surface area contributed by atoms with Crippen LogP contribution in [0.4, 0.5) is 0 Å². The number of para-hydroxylation sites is 1. The second kappa shape index (κ2) is 5.60. The van der Waals surface area contributed by atoms with Crippen molar-refractivity contribution < 1.29 is 0 Å². The summed E-state index contributed by atoms with van der Waals surface area (Å²) in [4.78, 5) is 4.66. The van der Waals surface area contributed by atoms with E-state index in [1.54, 1.807) is 0 Å². The van der Waals surface area contributed by atoms with Gasteiger partial charge in [0.05, 0.1) is 5.69 Å². The third kappa shape index (κ3) is 2.25. The number of benzene rings is 2. The first kappa shape index (κ1) is 15.0. The Balaban J connectivity index is 1.71. The molecule has 0 saturated heterocycles. The molecule has 0 N–H and O–H groups in total. The van der Waals surface area contributed by atoms with E-state index in [-0.39, 0.29) is 0 Å². The summed E-state index contributed by atoms with van der Waals surface area (Å²) in [6, 6.07) is 19.4. The highest BCUT2D eigenvalue weighted by Crippen LogP contribution is 2.28. The zero-order valence-electron chi connectivity index (χ0n) is 14.8. The normalized spacial score (nSPS) is 11.5. The van der Waals surface area contributed by atoms with Gasteiger partial charge in [-0.1, -0.05) is 30.3 Å². The van der Waals surface area contributed by atoms with Crippen molar-refractivity contribution in [1.29, 1.82) is 0 Å². The Labute approximate surface area is 152 Å². The molecule has 3 heteroatoms. The summed E-state index contributed by atoms with van der Waals surface area (Å²) < 4.78 is 4.35. The molecule has 0 fully saturated rings. The standard InChI is InChI=1S/C23H19N3/c1-16-5-3-6-17(2)22(16)26-12-10-24-23(26)19-9-8-18-14-21-7-4-11-25(21)15-20(18)13-19/h3-15H,1-2H3. The zero-order valence-corrected chi connectivity index (χ0v) is 14.8. The van der Waals surface area contributed by atoms with Crippen LogP contribution in [0, 0.1) is 13.8 Å². The first-order chi connectivity index (χ1) is 12.7. The smallest absolute Gasteiger partial charge is 0.144 e. The molecule has 3 nitrogen and oxygen atoms in total. The molecule has 126 valence electrons. The highest BCUT2D eigenvalue weighted by Gasteiger charge is 2.12. The van der Waals surface area contributed by atoms with Gasteiger partial charge >= 0.3 is 0 Å². The summed E-state index contributed by atoms with van der Waals surface area (Å²) in [6.07, 6.45) is 8.18. The van der Waals surface area contributed by atoms with Crippen LogP contribution in [0.1, 0.15) is 11.1 Å². The molecular formula is C23H19N3. The number of hydrogen-bond donors (Lipinski definition) is 0. The molecule has 0 spiro atoms. The van der Waals surface area contributed by atoms with E-state index in [0.717, 1.165) is 11.4 Å².